The molecule has 0 fully saturated rings. The van der Waals surface area contributed by atoms with Gasteiger partial charge in [-0.1, -0.05) is 6.07 Å². The van der Waals surface area contributed by atoms with E-state index in [2.05, 4.69) is 10.0 Å². The van der Waals surface area contributed by atoms with E-state index in [1.54, 1.807) is 53.2 Å². The minimum atomic E-state index is -3.58. The molecule has 0 aliphatic rings. The Hall–Kier alpha value is -2.78. The van der Waals surface area contributed by atoms with E-state index in [4.69, 9.17) is 14.2 Å². The molecule has 0 aliphatic heterocycles. The number of benzene rings is 2. The lowest BCUT2D eigenvalue weighted by molar-refractivity contribution is -0.123. The maximum Gasteiger partial charge on any atom is 0.258 e. The van der Waals surface area contributed by atoms with E-state index < -0.39 is 10.0 Å². The summed E-state index contributed by atoms with van der Waals surface area (Å²) in [5.41, 5.74) is 1.47. The fraction of sp³-hybridized carbons (Fsp3) is 0.381. The summed E-state index contributed by atoms with van der Waals surface area (Å²) in [4.78, 5) is 12.3. The molecule has 0 saturated carbocycles. The van der Waals surface area contributed by atoms with Crippen molar-refractivity contribution in [2.75, 3.05) is 20.8 Å². The second-order valence-corrected chi connectivity index (χ2v) is 8.67. The molecule has 0 aliphatic carbocycles. The Morgan fingerprint density at radius 3 is 2.27 bits per heavy atom. The lowest BCUT2D eigenvalue weighted by Crippen LogP contribution is -2.30. The van der Waals surface area contributed by atoms with Gasteiger partial charge in [-0.15, -0.1) is 0 Å². The van der Waals surface area contributed by atoms with Gasteiger partial charge in [0.05, 0.1) is 19.1 Å². The van der Waals surface area contributed by atoms with Gasteiger partial charge >= 0.3 is 0 Å². The van der Waals surface area contributed by atoms with Crippen molar-refractivity contribution in [2.24, 2.45) is 0 Å². The monoisotopic (exact) mass is 436 g/mol. The molecule has 0 saturated heterocycles. The first-order valence-corrected chi connectivity index (χ1v) is 10.9. The van der Waals surface area contributed by atoms with E-state index >= 15 is 0 Å². The van der Waals surface area contributed by atoms with Gasteiger partial charge in [0.25, 0.3) is 5.91 Å². The molecule has 2 aromatic carbocycles. The molecule has 1 amide bonds. The molecule has 8 nitrogen and oxygen atoms in total. The summed E-state index contributed by atoms with van der Waals surface area (Å²) >= 11 is 0. The van der Waals surface area contributed by atoms with Crippen molar-refractivity contribution in [1.82, 2.24) is 10.0 Å². The van der Waals surface area contributed by atoms with Crippen LogP contribution in [-0.2, 0) is 21.4 Å². The van der Waals surface area contributed by atoms with Gasteiger partial charge in [0.15, 0.2) is 18.1 Å². The number of carbonyl (C=O) groups is 1. The third-order valence-corrected chi connectivity index (χ3v) is 5.80. The molecule has 0 unspecified atom stereocenters. The summed E-state index contributed by atoms with van der Waals surface area (Å²) in [7, 11) is -0.480. The highest BCUT2D eigenvalue weighted by Gasteiger charge is 2.17. The van der Waals surface area contributed by atoms with Crippen molar-refractivity contribution in [3.05, 3.63) is 47.5 Å². The Morgan fingerprint density at radius 2 is 1.67 bits per heavy atom. The first-order valence-electron chi connectivity index (χ1n) is 9.39. The summed E-state index contributed by atoms with van der Waals surface area (Å²) in [6.45, 7) is 5.35. The third kappa shape index (κ3) is 6.36. The van der Waals surface area contributed by atoms with E-state index in [1.807, 2.05) is 6.07 Å². The number of amides is 1. The van der Waals surface area contributed by atoms with Crippen LogP contribution in [0, 0.1) is 6.92 Å². The minimum Gasteiger partial charge on any atom is -0.493 e. The van der Waals surface area contributed by atoms with Crippen molar-refractivity contribution in [1.29, 1.82) is 0 Å². The number of nitrogens with one attached hydrogen (secondary N) is 2. The molecule has 0 bridgehead atoms. The number of ether oxygens (including phenoxy) is 3. The normalized spacial score (nSPS) is 11.3. The van der Waals surface area contributed by atoms with E-state index in [0.717, 1.165) is 5.56 Å². The van der Waals surface area contributed by atoms with Crippen LogP contribution in [-0.4, -0.2) is 41.2 Å². The number of carbonyl (C=O) groups excluding carboxylic acids is 1. The summed E-state index contributed by atoms with van der Waals surface area (Å²) in [6, 6.07) is 9.69. The van der Waals surface area contributed by atoms with Crippen LogP contribution in [0.2, 0.25) is 0 Å². The van der Waals surface area contributed by atoms with Gasteiger partial charge in [0.2, 0.25) is 10.0 Å². The van der Waals surface area contributed by atoms with Crippen molar-refractivity contribution < 1.29 is 27.4 Å². The number of hydrogen-bond donors (Lipinski definition) is 2. The lowest BCUT2D eigenvalue weighted by Gasteiger charge is -2.13. The summed E-state index contributed by atoms with van der Waals surface area (Å²) < 4.78 is 43.0. The number of rotatable bonds is 10. The van der Waals surface area contributed by atoms with Crippen LogP contribution in [0.25, 0.3) is 0 Å². The van der Waals surface area contributed by atoms with Gasteiger partial charge in [-0.05, 0) is 62.2 Å². The molecular weight excluding hydrogens is 408 g/mol. The van der Waals surface area contributed by atoms with Gasteiger partial charge in [0.1, 0.15) is 5.75 Å². The quantitative estimate of drug-likeness (QED) is 0.593. The maximum absolute atomic E-state index is 12.2. The van der Waals surface area contributed by atoms with Crippen LogP contribution in [0.3, 0.4) is 0 Å². The Morgan fingerprint density at radius 1 is 1.00 bits per heavy atom. The zero-order valence-corrected chi connectivity index (χ0v) is 18.6. The second kappa shape index (κ2) is 10.3. The van der Waals surface area contributed by atoms with Gasteiger partial charge in [-0.2, -0.15) is 0 Å². The van der Waals surface area contributed by atoms with Crippen LogP contribution in [0.15, 0.2) is 41.3 Å². The van der Waals surface area contributed by atoms with Crippen LogP contribution in [0.5, 0.6) is 17.2 Å². The average Bonchev–Trinajstić information content (AvgIpc) is 2.70. The Balaban J connectivity index is 1.93. The molecule has 2 rings (SSSR count). The zero-order valence-electron chi connectivity index (χ0n) is 17.8. The molecule has 0 aromatic heterocycles. The van der Waals surface area contributed by atoms with E-state index in [-0.39, 0.29) is 23.5 Å². The molecule has 2 aromatic rings. The van der Waals surface area contributed by atoms with Gasteiger partial charge in [-0.25, -0.2) is 13.1 Å². The lowest BCUT2D eigenvalue weighted by atomic mass is 10.2. The first kappa shape index (κ1) is 23.5. The topological polar surface area (TPSA) is 103 Å². The van der Waals surface area contributed by atoms with Crippen molar-refractivity contribution >= 4 is 15.9 Å². The molecule has 30 heavy (non-hydrogen) atoms. The van der Waals surface area contributed by atoms with E-state index in [9.17, 15) is 13.2 Å². The van der Waals surface area contributed by atoms with E-state index in [0.29, 0.717) is 29.4 Å². The fourth-order valence-corrected chi connectivity index (χ4v) is 4.05. The summed E-state index contributed by atoms with van der Waals surface area (Å²) in [5.74, 6) is 1.33. The smallest absolute Gasteiger partial charge is 0.258 e. The Labute approximate surface area is 177 Å². The predicted molar refractivity (Wildman–Crippen MR) is 114 cm³/mol. The molecular formula is C21H28N2O6S. The van der Waals surface area contributed by atoms with Gasteiger partial charge in [-0.3, -0.25) is 4.79 Å². The first-order chi connectivity index (χ1) is 14.2. The van der Waals surface area contributed by atoms with E-state index in [1.165, 1.54) is 12.1 Å². The standard InChI is InChI=1S/C21H28N2O6S/c1-14(2)23-30(25,26)17-7-9-18(15(3)10-17)29-13-21(24)22-12-16-6-8-19(27-4)20(11-16)28-5/h6-11,14,23H,12-13H2,1-5H3,(H,22,24). The highest BCUT2D eigenvalue weighted by Crippen LogP contribution is 2.27. The van der Waals surface area contributed by atoms with Crippen LogP contribution >= 0.6 is 0 Å². The number of aryl methyl sites for hydroxylation is 1. The second-order valence-electron chi connectivity index (χ2n) is 6.96. The highest BCUT2D eigenvalue weighted by atomic mass is 32.2. The zero-order chi connectivity index (χ0) is 22.3. The summed E-state index contributed by atoms with van der Waals surface area (Å²) in [6.07, 6.45) is 0. The van der Waals surface area contributed by atoms with Gasteiger partial charge in [0, 0.05) is 12.6 Å². The van der Waals surface area contributed by atoms with Crippen LogP contribution in [0.4, 0.5) is 0 Å². The molecule has 0 radical (unpaired) electrons. The molecule has 0 heterocycles. The SMILES string of the molecule is COc1ccc(CNC(=O)COc2ccc(S(=O)(=O)NC(C)C)cc2C)cc1OC. The molecule has 164 valence electrons. The number of methoxy groups -OCH3 is 2. The Bertz CT molecular complexity index is 989. The summed E-state index contributed by atoms with van der Waals surface area (Å²) in [5, 5.41) is 2.77. The number of sulfonamides is 1. The Kier molecular flexibility index (Phi) is 8.08. The highest BCUT2D eigenvalue weighted by molar-refractivity contribution is 7.89. The largest absolute Gasteiger partial charge is 0.493 e. The molecule has 0 spiro atoms. The van der Waals surface area contributed by atoms with Crippen molar-refractivity contribution in [3.63, 3.8) is 0 Å². The van der Waals surface area contributed by atoms with Crippen molar-refractivity contribution in [2.45, 2.75) is 38.3 Å². The van der Waals surface area contributed by atoms with Crippen LogP contribution < -0.4 is 24.2 Å². The predicted octanol–water partition coefficient (Wildman–Crippen LogP) is 2.39. The average molecular weight is 437 g/mol. The maximum atomic E-state index is 12.2. The fourth-order valence-electron chi connectivity index (χ4n) is 2.71. The number of hydrogen-bond acceptors (Lipinski definition) is 6. The molecule has 9 heteroatoms. The van der Waals surface area contributed by atoms with Crippen LogP contribution in [0.1, 0.15) is 25.0 Å². The third-order valence-electron chi connectivity index (χ3n) is 4.14. The minimum absolute atomic E-state index is 0.152. The molecule has 0 atom stereocenters. The van der Waals surface area contributed by atoms with Gasteiger partial charge < -0.3 is 19.5 Å². The van der Waals surface area contributed by atoms with Crippen molar-refractivity contribution in [3.8, 4) is 17.2 Å². The molecule has 2 N–H and O–H groups in total.